The van der Waals surface area contributed by atoms with Gasteiger partial charge >= 0.3 is 6.03 Å². The van der Waals surface area contributed by atoms with Crippen LogP contribution in [0.25, 0.3) is 0 Å². The molecule has 8 nitrogen and oxygen atoms in total. The number of hydrogen-bond acceptors (Lipinski definition) is 6. The fourth-order valence-corrected chi connectivity index (χ4v) is 3.02. The van der Waals surface area contributed by atoms with E-state index >= 15 is 0 Å². The largest absolute Gasteiger partial charge is 0.467 e. The number of anilines is 1. The summed E-state index contributed by atoms with van der Waals surface area (Å²) in [6, 6.07) is 8.63. The minimum absolute atomic E-state index is 0.0389. The van der Waals surface area contributed by atoms with E-state index in [1.54, 1.807) is 29.3 Å². The van der Waals surface area contributed by atoms with E-state index in [1.807, 2.05) is 32.0 Å². The number of urea groups is 1. The number of aromatic nitrogens is 3. The van der Waals surface area contributed by atoms with Crippen LogP contribution in [0.15, 0.2) is 52.5 Å². The first-order valence-corrected chi connectivity index (χ1v) is 9.21. The van der Waals surface area contributed by atoms with E-state index in [0.717, 1.165) is 16.9 Å². The van der Waals surface area contributed by atoms with Gasteiger partial charge in [0, 0.05) is 5.69 Å². The summed E-state index contributed by atoms with van der Waals surface area (Å²) < 4.78 is 7.06. The highest BCUT2D eigenvalue weighted by Crippen LogP contribution is 2.16. The van der Waals surface area contributed by atoms with Gasteiger partial charge in [0.2, 0.25) is 5.91 Å². The molecule has 2 aromatic heterocycles. The first-order chi connectivity index (χ1) is 13.0. The summed E-state index contributed by atoms with van der Waals surface area (Å²) in [5, 5.41) is 13.4. The van der Waals surface area contributed by atoms with Crippen LogP contribution >= 0.6 is 11.8 Å². The molecule has 27 heavy (non-hydrogen) atoms. The molecule has 0 atom stereocenters. The number of benzene rings is 1. The number of nitrogens with one attached hydrogen (secondary N) is 2. The molecule has 2 N–H and O–H groups in total. The van der Waals surface area contributed by atoms with Gasteiger partial charge in [-0.15, -0.1) is 10.2 Å². The summed E-state index contributed by atoms with van der Waals surface area (Å²) in [6.45, 7) is 4.42. The number of thioether (sulfide) groups is 1. The van der Waals surface area contributed by atoms with Gasteiger partial charge in [-0.2, -0.15) is 0 Å². The van der Waals surface area contributed by atoms with Crippen LogP contribution in [-0.4, -0.2) is 32.5 Å². The van der Waals surface area contributed by atoms with Gasteiger partial charge in [0.1, 0.15) is 12.1 Å². The van der Waals surface area contributed by atoms with Gasteiger partial charge < -0.3 is 14.3 Å². The summed E-state index contributed by atoms with van der Waals surface area (Å²) in [5.41, 5.74) is 2.83. The number of nitrogens with zero attached hydrogens (tertiary/aromatic N) is 3. The lowest BCUT2D eigenvalue weighted by Gasteiger charge is -2.08. The zero-order valence-corrected chi connectivity index (χ0v) is 15.7. The highest BCUT2D eigenvalue weighted by Gasteiger charge is 2.12. The van der Waals surface area contributed by atoms with Crippen molar-refractivity contribution >= 4 is 29.4 Å². The van der Waals surface area contributed by atoms with Crippen molar-refractivity contribution in [2.75, 3.05) is 11.1 Å². The zero-order chi connectivity index (χ0) is 19.2. The number of rotatable bonds is 6. The summed E-state index contributed by atoms with van der Waals surface area (Å²) in [5.74, 6) is 0.375. The van der Waals surface area contributed by atoms with E-state index in [0.29, 0.717) is 17.4 Å². The topological polar surface area (TPSA) is 102 Å². The number of amides is 3. The minimum Gasteiger partial charge on any atom is -0.467 e. The Labute approximate surface area is 160 Å². The highest BCUT2D eigenvalue weighted by atomic mass is 32.2. The Kier molecular flexibility index (Phi) is 5.92. The van der Waals surface area contributed by atoms with Crippen LogP contribution in [0.5, 0.6) is 0 Å². The lowest BCUT2D eigenvalue weighted by molar-refractivity contribution is -0.117. The van der Waals surface area contributed by atoms with Gasteiger partial charge in [0.15, 0.2) is 5.16 Å². The van der Waals surface area contributed by atoms with Crippen molar-refractivity contribution in [2.45, 2.75) is 25.5 Å². The number of carbonyl (C=O) groups excluding carboxylic acids is 2. The molecule has 0 bridgehead atoms. The van der Waals surface area contributed by atoms with Crippen molar-refractivity contribution < 1.29 is 14.0 Å². The molecule has 3 rings (SSSR count). The van der Waals surface area contributed by atoms with E-state index < -0.39 is 11.9 Å². The van der Waals surface area contributed by atoms with Gasteiger partial charge in [-0.1, -0.05) is 17.8 Å². The summed E-state index contributed by atoms with van der Waals surface area (Å²) in [4.78, 5) is 24.0. The molecule has 140 valence electrons. The maximum absolute atomic E-state index is 12.0. The van der Waals surface area contributed by atoms with E-state index in [2.05, 4.69) is 20.8 Å². The predicted molar refractivity (Wildman–Crippen MR) is 102 cm³/mol. The molecule has 3 amide bonds. The number of aryl methyl sites for hydroxylation is 2. The van der Waals surface area contributed by atoms with Crippen molar-refractivity contribution in [3.8, 4) is 0 Å². The number of imide groups is 1. The fraction of sp³-hybridized carbons (Fsp3) is 0.222. The molecule has 0 saturated carbocycles. The lowest BCUT2D eigenvalue weighted by atomic mass is 10.1. The molecule has 0 aliphatic carbocycles. The van der Waals surface area contributed by atoms with E-state index in [-0.39, 0.29) is 5.75 Å². The van der Waals surface area contributed by atoms with Crippen LogP contribution in [0, 0.1) is 13.8 Å². The normalized spacial score (nSPS) is 10.6. The highest BCUT2D eigenvalue weighted by molar-refractivity contribution is 7.99. The van der Waals surface area contributed by atoms with Gasteiger partial charge in [0.05, 0.1) is 18.6 Å². The standard InChI is InChI=1S/C18H19N5O3S/c1-12-5-6-14(8-13(12)2)20-17(25)21-16(24)10-27-18-22-19-11-23(18)9-15-4-3-7-26-15/h3-8,11H,9-10H2,1-2H3,(H2,20,21,24,25). The molecule has 1 aromatic carbocycles. The van der Waals surface area contributed by atoms with Crippen molar-refractivity contribution in [1.82, 2.24) is 20.1 Å². The summed E-state index contributed by atoms with van der Waals surface area (Å²) in [7, 11) is 0. The molecule has 0 aliphatic heterocycles. The zero-order valence-electron chi connectivity index (χ0n) is 14.9. The van der Waals surface area contributed by atoms with Gasteiger partial charge in [-0.25, -0.2) is 4.79 Å². The van der Waals surface area contributed by atoms with Crippen LogP contribution in [0.1, 0.15) is 16.9 Å². The number of furan rings is 1. The van der Waals surface area contributed by atoms with E-state index in [4.69, 9.17) is 4.42 Å². The average Bonchev–Trinajstić information content (AvgIpc) is 3.29. The molecule has 9 heteroatoms. The molecule has 0 spiro atoms. The fourth-order valence-electron chi connectivity index (χ4n) is 2.31. The van der Waals surface area contributed by atoms with Crippen molar-refractivity contribution in [3.63, 3.8) is 0 Å². The molecule has 0 aliphatic rings. The molecule has 3 aromatic rings. The Balaban J connectivity index is 1.49. The third-order valence-corrected chi connectivity index (χ3v) is 4.82. The second-order valence-electron chi connectivity index (χ2n) is 5.91. The third kappa shape index (κ3) is 5.20. The first-order valence-electron chi connectivity index (χ1n) is 8.22. The number of hydrogen-bond donors (Lipinski definition) is 2. The molecular weight excluding hydrogens is 366 g/mol. The Morgan fingerprint density at radius 2 is 2.07 bits per heavy atom. The second-order valence-corrected chi connectivity index (χ2v) is 6.85. The average molecular weight is 385 g/mol. The Morgan fingerprint density at radius 1 is 1.22 bits per heavy atom. The van der Waals surface area contributed by atoms with Crippen LogP contribution < -0.4 is 10.6 Å². The third-order valence-electron chi connectivity index (χ3n) is 3.84. The molecule has 2 heterocycles. The van der Waals surface area contributed by atoms with Crippen molar-refractivity contribution in [3.05, 3.63) is 59.8 Å². The van der Waals surface area contributed by atoms with Gasteiger partial charge in [-0.3, -0.25) is 10.1 Å². The van der Waals surface area contributed by atoms with Crippen LogP contribution in [0.2, 0.25) is 0 Å². The van der Waals surface area contributed by atoms with Crippen molar-refractivity contribution in [1.29, 1.82) is 0 Å². The quantitative estimate of drug-likeness (QED) is 0.633. The Bertz CT molecular complexity index is 936. The maximum atomic E-state index is 12.0. The SMILES string of the molecule is Cc1ccc(NC(=O)NC(=O)CSc2nncn2Cc2ccco2)cc1C. The molecule has 0 fully saturated rings. The van der Waals surface area contributed by atoms with Gasteiger partial charge in [0.25, 0.3) is 0 Å². The minimum atomic E-state index is -0.569. The lowest BCUT2D eigenvalue weighted by Crippen LogP contribution is -2.35. The van der Waals surface area contributed by atoms with Gasteiger partial charge in [-0.05, 0) is 49.2 Å². The number of carbonyl (C=O) groups is 2. The van der Waals surface area contributed by atoms with E-state index in [9.17, 15) is 9.59 Å². The molecule has 0 saturated heterocycles. The predicted octanol–water partition coefficient (Wildman–Crippen LogP) is 2.98. The Hall–Kier alpha value is -3.07. The van der Waals surface area contributed by atoms with Crippen LogP contribution in [0.4, 0.5) is 10.5 Å². The first kappa shape index (κ1) is 18.7. The maximum Gasteiger partial charge on any atom is 0.325 e. The molecule has 0 unspecified atom stereocenters. The smallest absolute Gasteiger partial charge is 0.325 e. The summed E-state index contributed by atoms with van der Waals surface area (Å²) >= 11 is 1.19. The monoisotopic (exact) mass is 385 g/mol. The summed E-state index contributed by atoms with van der Waals surface area (Å²) in [6.07, 6.45) is 3.16. The van der Waals surface area contributed by atoms with E-state index in [1.165, 1.54) is 11.8 Å². The van der Waals surface area contributed by atoms with Crippen molar-refractivity contribution in [2.24, 2.45) is 0 Å². The molecule has 0 radical (unpaired) electrons. The van der Waals surface area contributed by atoms with Crippen LogP contribution in [0.3, 0.4) is 0 Å². The van der Waals surface area contributed by atoms with Crippen LogP contribution in [-0.2, 0) is 11.3 Å². The Morgan fingerprint density at radius 3 is 2.81 bits per heavy atom. The second kappa shape index (κ2) is 8.54. The molecular formula is C18H19N5O3S.